The van der Waals surface area contributed by atoms with Crippen molar-refractivity contribution in [3.05, 3.63) is 0 Å². The van der Waals surface area contributed by atoms with Gasteiger partial charge in [0.15, 0.2) is 0 Å². The van der Waals surface area contributed by atoms with Crippen molar-refractivity contribution in [3.8, 4) is 0 Å². The van der Waals surface area contributed by atoms with Crippen LogP contribution in [0.1, 0.15) is 6.92 Å². The molecule has 1 atom stereocenters. The average molecular weight is 232 g/mol. The lowest BCUT2D eigenvalue weighted by Gasteiger charge is -2.27. The van der Waals surface area contributed by atoms with Gasteiger partial charge in [-0.15, -0.1) is 0 Å². The predicted molar refractivity (Wildman–Crippen MR) is 46.8 cm³/mol. The zero-order chi connectivity index (χ0) is 11.4. The minimum atomic E-state index is -4.24. The molecule has 14 heavy (non-hydrogen) atoms. The van der Waals surface area contributed by atoms with Gasteiger partial charge in [-0.05, 0) is 0 Å². The van der Waals surface area contributed by atoms with E-state index in [1.54, 1.807) is 0 Å². The molecular weight excluding hydrogens is 217 g/mol. The number of halogens is 3. The number of hydrogen-bond donors (Lipinski definition) is 0. The lowest BCUT2D eigenvalue weighted by Crippen LogP contribution is -2.46. The molecule has 0 N–H and O–H groups in total. The molecule has 3 nitrogen and oxygen atoms in total. The van der Waals surface area contributed by atoms with E-state index in [0.717, 1.165) is 6.92 Å². The Morgan fingerprint density at radius 1 is 1.07 bits per heavy atom. The van der Waals surface area contributed by atoms with E-state index in [1.165, 1.54) is 21.3 Å². The van der Waals surface area contributed by atoms with Gasteiger partial charge in [0.1, 0.15) is 0 Å². The Morgan fingerprint density at radius 3 is 1.64 bits per heavy atom. The second kappa shape index (κ2) is 5.10. The van der Waals surface area contributed by atoms with Crippen LogP contribution < -0.4 is 0 Å². The summed E-state index contributed by atoms with van der Waals surface area (Å²) in [7, 11) is 0.772. The zero-order valence-electron chi connectivity index (χ0n) is 8.64. The van der Waals surface area contributed by atoms with Gasteiger partial charge < -0.3 is 13.3 Å². The Labute approximate surface area is 82.5 Å². The Hall–Kier alpha value is -0.113. The minimum absolute atomic E-state index is 0.264. The first-order valence-electron chi connectivity index (χ1n) is 4.03. The summed E-state index contributed by atoms with van der Waals surface area (Å²) >= 11 is 0. The van der Waals surface area contributed by atoms with E-state index in [0.29, 0.717) is 0 Å². The lowest BCUT2D eigenvalue weighted by molar-refractivity contribution is -0.167. The number of hydrogen-bond acceptors (Lipinski definition) is 3. The highest BCUT2D eigenvalue weighted by atomic mass is 28.4. The first kappa shape index (κ1) is 13.9. The highest BCUT2D eigenvalue weighted by Crippen LogP contribution is 2.32. The molecule has 86 valence electrons. The Balaban J connectivity index is 4.45. The van der Waals surface area contributed by atoms with Gasteiger partial charge in [0, 0.05) is 27.4 Å². The largest absolute Gasteiger partial charge is 0.500 e. The van der Waals surface area contributed by atoms with E-state index in [4.69, 9.17) is 13.3 Å². The highest BCUT2D eigenvalue weighted by Gasteiger charge is 2.47. The molecule has 0 aromatic rings. The standard InChI is InChI=1S/C7H15F3O3Si/c1-6(7(8,9)10)5-14(11-2,12-3)13-4/h6H,5H2,1-4H3. The second-order valence-corrected chi connectivity index (χ2v) is 5.94. The molecule has 0 saturated heterocycles. The van der Waals surface area contributed by atoms with Gasteiger partial charge in [0.2, 0.25) is 0 Å². The van der Waals surface area contributed by atoms with E-state index in [9.17, 15) is 13.2 Å². The smallest absolute Gasteiger partial charge is 0.377 e. The molecule has 0 aliphatic rings. The van der Waals surface area contributed by atoms with Crippen molar-refractivity contribution in [2.45, 2.75) is 19.1 Å². The maximum absolute atomic E-state index is 12.2. The molecule has 1 unspecified atom stereocenters. The lowest BCUT2D eigenvalue weighted by atomic mass is 10.2. The van der Waals surface area contributed by atoms with Crippen molar-refractivity contribution in [2.24, 2.45) is 5.92 Å². The van der Waals surface area contributed by atoms with Crippen LogP contribution in [0.2, 0.25) is 6.04 Å². The van der Waals surface area contributed by atoms with Gasteiger partial charge in [-0.2, -0.15) is 13.2 Å². The molecule has 0 fully saturated rings. The van der Waals surface area contributed by atoms with Crippen LogP contribution in [0.3, 0.4) is 0 Å². The summed E-state index contributed by atoms with van der Waals surface area (Å²) in [6, 6.07) is -0.264. The predicted octanol–water partition coefficient (Wildman–Crippen LogP) is 2.06. The molecule has 0 spiro atoms. The van der Waals surface area contributed by atoms with Crippen LogP contribution in [0.25, 0.3) is 0 Å². The molecule has 0 rings (SSSR count). The van der Waals surface area contributed by atoms with E-state index >= 15 is 0 Å². The van der Waals surface area contributed by atoms with Crippen LogP contribution in [-0.2, 0) is 13.3 Å². The molecule has 0 heterocycles. The van der Waals surface area contributed by atoms with Crippen molar-refractivity contribution in [1.29, 1.82) is 0 Å². The van der Waals surface area contributed by atoms with Crippen LogP contribution in [0.4, 0.5) is 13.2 Å². The van der Waals surface area contributed by atoms with Crippen molar-refractivity contribution < 1.29 is 26.4 Å². The van der Waals surface area contributed by atoms with Crippen molar-refractivity contribution >= 4 is 8.80 Å². The fourth-order valence-electron chi connectivity index (χ4n) is 0.991. The maximum atomic E-state index is 12.2. The first-order chi connectivity index (χ1) is 6.31. The number of alkyl halides is 3. The Morgan fingerprint density at radius 2 is 1.43 bits per heavy atom. The molecule has 0 aliphatic carbocycles. The van der Waals surface area contributed by atoms with E-state index < -0.39 is 20.9 Å². The van der Waals surface area contributed by atoms with Crippen LogP contribution in [0.5, 0.6) is 0 Å². The fourth-order valence-corrected chi connectivity index (χ4v) is 2.97. The van der Waals surface area contributed by atoms with Crippen LogP contribution in [0, 0.1) is 5.92 Å². The monoisotopic (exact) mass is 232 g/mol. The molecule has 0 aromatic heterocycles. The Kier molecular flexibility index (Phi) is 5.06. The summed E-state index contributed by atoms with van der Waals surface area (Å²) in [6.07, 6.45) is -4.24. The van der Waals surface area contributed by atoms with Gasteiger partial charge in [-0.3, -0.25) is 0 Å². The van der Waals surface area contributed by atoms with Gasteiger partial charge in [-0.1, -0.05) is 6.92 Å². The van der Waals surface area contributed by atoms with E-state index in [-0.39, 0.29) is 6.04 Å². The van der Waals surface area contributed by atoms with Crippen LogP contribution in [-0.4, -0.2) is 36.3 Å². The summed E-state index contributed by atoms with van der Waals surface area (Å²) in [6.45, 7) is 1.08. The molecule has 0 aliphatic heterocycles. The quantitative estimate of drug-likeness (QED) is 0.679. The minimum Gasteiger partial charge on any atom is -0.377 e. The van der Waals surface area contributed by atoms with Crippen molar-refractivity contribution in [1.82, 2.24) is 0 Å². The topological polar surface area (TPSA) is 27.7 Å². The molecule has 0 aromatic carbocycles. The van der Waals surface area contributed by atoms with Gasteiger partial charge in [-0.25, -0.2) is 0 Å². The van der Waals surface area contributed by atoms with E-state index in [1.807, 2.05) is 0 Å². The van der Waals surface area contributed by atoms with E-state index in [2.05, 4.69) is 0 Å². The van der Waals surface area contributed by atoms with Crippen molar-refractivity contribution in [3.63, 3.8) is 0 Å². The third-order valence-electron chi connectivity index (χ3n) is 2.05. The van der Waals surface area contributed by atoms with Gasteiger partial charge in [0.05, 0.1) is 5.92 Å². The van der Waals surface area contributed by atoms with Gasteiger partial charge in [0.25, 0.3) is 0 Å². The molecule has 0 saturated carbocycles. The molecule has 7 heteroatoms. The van der Waals surface area contributed by atoms with Gasteiger partial charge >= 0.3 is 15.0 Å². The molecule has 0 amide bonds. The SMILES string of the molecule is CO[Si](CC(C)C(F)(F)F)(OC)OC. The summed E-state index contributed by atoms with van der Waals surface area (Å²) in [5.74, 6) is -1.49. The third-order valence-corrected chi connectivity index (χ3v) is 5.03. The summed E-state index contributed by atoms with van der Waals surface area (Å²) in [5.41, 5.74) is 0. The fraction of sp³-hybridized carbons (Fsp3) is 1.00. The first-order valence-corrected chi connectivity index (χ1v) is 5.96. The zero-order valence-corrected chi connectivity index (χ0v) is 9.64. The summed E-state index contributed by atoms with van der Waals surface area (Å²) < 4.78 is 51.4. The average Bonchev–Trinajstić information content (AvgIpc) is 2.12. The highest BCUT2D eigenvalue weighted by molar-refractivity contribution is 6.60. The van der Waals surface area contributed by atoms with Crippen LogP contribution in [0.15, 0.2) is 0 Å². The third kappa shape index (κ3) is 3.56. The Bertz CT molecular complexity index is 162. The molecular formula is C7H15F3O3Si. The van der Waals surface area contributed by atoms with Crippen LogP contribution >= 0.6 is 0 Å². The molecule has 0 bridgehead atoms. The normalized spacial score (nSPS) is 15.6. The summed E-state index contributed by atoms with van der Waals surface area (Å²) in [5, 5.41) is 0. The molecule has 0 radical (unpaired) electrons. The summed E-state index contributed by atoms with van der Waals surface area (Å²) in [4.78, 5) is 0. The second-order valence-electron chi connectivity index (χ2n) is 2.94. The maximum Gasteiger partial charge on any atom is 0.500 e. The van der Waals surface area contributed by atoms with Crippen molar-refractivity contribution in [2.75, 3.05) is 21.3 Å². The number of rotatable bonds is 5.